The number of allylic oxidation sites excluding steroid dienone is 1. The fraction of sp³-hybridized carbons (Fsp3) is 0.889. The number of hydrogen-bond acceptors (Lipinski definition) is 1. The minimum absolute atomic E-state index is 0.162. The molecule has 1 nitrogen and oxygen atoms in total. The Morgan fingerprint density at radius 1 is 1.05 bits per heavy atom. The summed E-state index contributed by atoms with van der Waals surface area (Å²) < 4.78 is 0. The number of nitrogens with one attached hydrogen (secondary N) is 1. The Balaban J connectivity index is 4.32. The second-order valence-corrected chi connectivity index (χ2v) is 7.54. The van der Waals surface area contributed by atoms with Gasteiger partial charge in [-0.05, 0) is 44.4 Å². The fourth-order valence-corrected chi connectivity index (χ4v) is 2.61. The van der Waals surface area contributed by atoms with Crippen LogP contribution in [0.25, 0.3) is 0 Å². The zero-order chi connectivity index (χ0) is 15.1. The van der Waals surface area contributed by atoms with Gasteiger partial charge < -0.3 is 5.32 Å². The number of hydrogen-bond donors (Lipinski definition) is 1. The van der Waals surface area contributed by atoms with E-state index in [0.717, 1.165) is 12.3 Å². The predicted octanol–water partition coefficient (Wildman–Crippen LogP) is 5.91. The monoisotopic (exact) mass is 267 g/mol. The molecule has 0 aromatic heterocycles. The predicted molar refractivity (Wildman–Crippen MR) is 88.3 cm³/mol. The molecule has 0 spiro atoms. The van der Waals surface area contributed by atoms with E-state index in [1.807, 2.05) is 0 Å². The molecule has 19 heavy (non-hydrogen) atoms. The summed E-state index contributed by atoms with van der Waals surface area (Å²) in [5, 5.41) is 3.61. The third-order valence-electron chi connectivity index (χ3n) is 4.52. The van der Waals surface area contributed by atoms with Gasteiger partial charge in [-0.2, -0.15) is 0 Å². The van der Waals surface area contributed by atoms with Crippen molar-refractivity contribution in [1.29, 1.82) is 0 Å². The topological polar surface area (TPSA) is 12.0 Å². The Morgan fingerprint density at radius 3 is 2.11 bits per heavy atom. The summed E-state index contributed by atoms with van der Waals surface area (Å²) in [6, 6.07) is 0. The van der Waals surface area contributed by atoms with Crippen molar-refractivity contribution < 1.29 is 0 Å². The van der Waals surface area contributed by atoms with Crippen LogP contribution in [0.3, 0.4) is 0 Å². The maximum Gasteiger partial charge on any atom is 0.0314 e. The van der Waals surface area contributed by atoms with Gasteiger partial charge in [0.1, 0.15) is 0 Å². The molecule has 0 amide bonds. The van der Waals surface area contributed by atoms with Crippen LogP contribution in [-0.4, -0.2) is 5.54 Å². The highest BCUT2D eigenvalue weighted by Gasteiger charge is 2.28. The first-order valence-electron chi connectivity index (χ1n) is 8.10. The first-order valence-corrected chi connectivity index (χ1v) is 8.10. The molecule has 1 heteroatoms. The highest BCUT2D eigenvalue weighted by Crippen LogP contribution is 2.36. The summed E-state index contributed by atoms with van der Waals surface area (Å²) in [4.78, 5) is 0. The first-order chi connectivity index (χ1) is 8.64. The lowest BCUT2D eigenvalue weighted by Gasteiger charge is -2.36. The molecular weight excluding hydrogens is 230 g/mol. The quantitative estimate of drug-likeness (QED) is 0.519. The van der Waals surface area contributed by atoms with Crippen LogP contribution in [0.1, 0.15) is 87.0 Å². The minimum atomic E-state index is 0.162. The summed E-state index contributed by atoms with van der Waals surface area (Å²) in [5.74, 6) is 0.798. The van der Waals surface area contributed by atoms with E-state index in [1.165, 1.54) is 37.8 Å². The van der Waals surface area contributed by atoms with Gasteiger partial charge >= 0.3 is 0 Å². The van der Waals surface area contributed by atoms with Crippen molar-refractivity contribution in [2.24, 2.45) is 11.3 Å². The van der Waals surface area contributed by atoms with Gasteiger partial charge in [-0.3, -0.25) is 0 Å². The Hall–Kier alpha value is -0.460. The van der Waals surface area contributed by atoms with Gasteiger partial charge in [0.25, 0.3) is 0 Å². The van der Waals surface area contributed by atoms with Crippen molar-refractivity contribution in [2.75, 3.05) is 0 Å². The maximum absolute atomic E-state index is 4.13. The van der Waals surface area contributed by atoms with Gasteiger partial charge in [-0.25, -0.2) is 0 Å². The molecule has 0 radical (unpaired) electrons. The third kappa shape index (κ3) is 7.64. The lowest BCUT2D eigenvalue weighted by atomic mass is 9.72. The molecule has 1 N–H and O–H groups in total. The van der Waals surface area contributed by atoms with Gasteiger partial charge in [0, 0.05) is 11.2 Å². The lowest BCUT2D eigenvalue weighted by molar-refractivity contribution is 0.174. The van der Waals surface area contributed by atoms with Crippen molar-refractivity contribution in [2.45, 2.75) is 92.5 Å². The first kappa shape index (κ1) is 18.5. The van der Waals surface area contributed by atoms with Crippen molar-refractivity contribution >= 4 is 0 Å². The molecule has 0 fully saturated rings. The summed E-state index contributed by atoms with van der Waals surface area (Å²) in [6.45, 7) is 20.5. The van der Waals surface area contributed by atoms with Crippen LogP contribution in [0.5, 0.6) is 0 Å². The summed E-state index contributed by atoms with van der Waals surface area (Å²) in [6.07, 6.45) is 7.35. The summed E-state index contributed by atoms with van der Waals surface area (Å²) >= 11 is 0. The van der Waals surface area contributed by atoms with Crippen molar-refractivity contribution in [3.05, 3.63) is 12.3 Å². The van der Waals surface area contributed by atoms with Crippen LogP contribution in [0.15, 0.2) is 12.3 Å². The molecule has 0 aromatic rings. The maximum atomic E-state index is 4.13. The van der Waals surface area contributed by atoms with Crippen molar-refractivity contribution in [3.63, 3.8) is 0 Å². The smallest absolute Gasteiger partial charge is 0.0314 e. The third-order valence-corrected chi connectivity index (χ3v) is 4.52. The van der Waals surface area contributed by atoms with Gasteiger partial charge in [-0.15, -0.1) is 0 Å². The standard InChI is InChI=1S/C18H37N/c1-9-11-15(3)17(5,6)13-14-18(7,8)19-16(4)12-10-2/h15,19H,4,9-14H2,1-3,5-8H3. The zero-order valence-electron chi connectivity index (χ0n) is 14.5. The lowest BCUT2D eigenvalue weighted by Crippen LogP contribution is -2.39. The molecule has 1 unspecified atom stereocenters. The van der Waals surface area contributed by atoms with E-state index in [2.05, 4.69) is 60.4 Å². The van der Waals surface area contributed by atoms with Crippen molar-refractivity contribution in [1.82, 2.24) is 5.32 Å². The van der Waals surface area contributed by atoms with Crippen LogP contribution in [0.4, 0.5) is 0 Å². The van der Waals surface area contributed by atoms with E-state index in [9.17, 15) is 0 Å². The molecule has 0 aliphatic rings. The summed E-state index contributed by atoms with van der Waals surface area (Å²) in [5.41, 5.74) is 1.78. The van der Waals surface area contributed by atoms with Gasteiger partial charge in [0.2, 0.25) is 0 Å². The Bertz CT molecular complexity index is 263. The Labute approximate surface area is 122 Å². The van der Waals surface area contributed by atoms with E-state index in [-0.39, 0.29) is 5.54 Å². The average molecular weight is 268 g/mol. The molecule has 0 saturated heterocycles. The highest BCUT2D eigenvalue weighted by atomic mass is 15.0. The van der Waals surface area contributed by atoms with Crippen LogP contribution in [0.2, 0.25) is 0 Å². The van der Waals surface area contributed by atoms with E-state index in [1.54, 1.807) is 0 Å². The van der Waals surface area contributed by atoms with E-state index in [0.29, 0.717) is 5.41 Å². The molecule has 1 atom stereocenters. The summed E-state index contributed by atoms with van der Waals surface area (Å²) in [7, 11) is 0. The SMILES string of the molecule is C=C(CCC)NC(C)(C)CCC(C)(C)C(C)CCC. The number of rotatable bonds is 10. The molecule has 0 rings (SSSR count). The van der Waals surface area contributed by atoms with Crippen LogP contribution >= 0.6 is 0 Å². The highest BCUT2D eigenvalue weighted by molar-refractivity contribution is 4.97. The molecular formula is C18H37N. The largest absolute Gasteiger partial charge is 0.384 e. The Morgan fingerprint density at radius 2 is 1.63 bits per heavy atom. The Kier molecular flexibility index (Phi) is 7.78. The fourth-order valence-electron chi connectivity index (χ4n) is 2.61. The molecule has 114 valence electrons. The molecule has 0 heterocycles. The zero-order valence-corrected chi connectivity index (χ0v) is 14.5. The van der Waals surface area contributed by atoms with Crippen LogP contribution in [0, 0.1) is 11.3 Å². The van der Waals surface area contributed by atoms with E-state index >= 15 is 0 Å². The normalized spacial score (nSPS) is 14.3. The molecule has 0 aliphatic carbocycles. The second kappa shape index (κ2) is 7.97. The van der Waals surface area contributed by atoms with Gasteiger partial charge in [0.05, 0.1) is 0 Å². The average Bonchev–Trinajstić information content (AvgIpc) is 2.26. The van der Waals surface area contributed by atoms with E-state index < -0.39 is 0 Å². The van der Waals surface area contributed by atoms with Gasteiger partial charge in [0.15, 0.2) is 0 Å². The van der Waals surface area contributed by atoms with Crippen LogP contribution in [-0.2, 0) is 0 Å². The van der Waals surface area contributed by atoms with Crippen molar-refractivity contribution in [3.8, 4) is 0 Å². The molecule has 0 aliphatic heterocycles. The van der Waals surface area contributed by atoms with Crippen LogP contribution < -0.4 is 5.32 Å². The van der Waals surface area contributed by atoms with E-state index in [4.69, 9.17) is 0 Å². The minimum Gasteiger partial charge on any atom is -0.384 e. The second-order valence-electron chi connectivity index (χ2n) is 7.54. The molecule has 0 saturated carbocycles. The molecule has 0 bridgehead atoms. The van der Waals surface area contributed by atoms with Gasteiger partial charge in [-0.1, -0.05) is 60.5 Å². The molecule has 0 aromatic carbocycles.